The Kier molecular flexibility index (Phi) is 7.36. The van der Waals surface area contributed by atoms with Gasteiger partial charge in [0.05, 0.1) is 16.1 Å². The number of nitrogens with one attached hydrogen (secondary N) is 2. The Hall–Kier alpha value is -5.47. The quantitative estimate of drug-likeness (QED) is 0.144. The lowest BCUT2D eigenvalue weighted by molar-refractivity contribution is 0.306. The van der Waals surface area contributed by atoms with E-state index in [1.807, 2.05) is 97.1 Å². The standard InChI is InChI=1S/C20H16ClN3O.C13H11N3O/c21-17-11-15(14-6-8-18-16(10-14)20(22)24-23-18)7-9-19(17)25-12-13-4-2-1-3-5-13;14-13-11-7-9(3-6-12(11)15-16-13)8-1-4-10(17)5-2-8/h1-11H,12H2,(H3,22,23,24);1-7,17H,(H3,14,15,16). The van der Waals surface area contributed by atoms with Gasteiger partial charge in [0, 0.05) is 10.8 Å². The highest BCUT2D eigenvalue weighted by atomic mass is 35.5. The van der Waals surface area contributed by atoms with E-state index in [2.05, 4.69) is 20.4 Å². The van der Waals surface area contributed by atoms with Crippen LogP contribution in [0.15, 0.2) is 109 Å². The molecule has 9 heteroatoms. The maximum atomic E-state index is 9.25. The number of fused-ring (bicyclic) bond motifs is 2. The van der Waals surface area contributed by atoms with Gasteiger partial charge in [-0.25, -0.2) is 0 Å². The summed E-state index contributed by atoms with van der Waals surface area (Å²) in [5, 5.41) is 25.4. The van der Waals surface area contributed by atoms with Gasteiger partial charge in [-0.2, -0.15) is 10.2 Å². The minimum atomic E-state index is 0.262. The lowest BCUT2D eigenvalue weighted by atomic mass is 10.0. The number of nitrogens with zero attached hydrogens (tertiary/aromatic N) is 2. The van der Waals surface area contributed by atoms with Crippen molar-refractivity contribution in [2.24, 2.45) is 0 Å². The van der Waals surface area contributed by atoms with E-state index >= 15 is 0 Å². The Balaban J connectivity index is 0.000000162. The zero-order chi connectivity index (χ0) is 29.1. The highest BCUT2D eigenvalue weighted by Crippen LogP contribution is 2.33. The number of phenols is 1. The number of nitrogen functional groups attached to an aromatic ring is 2. The van der Waals surface area contributed by atoms with Crippen molar-refractivity contribution in [3.05, 3.63) is 120 Å². The van der Waals surface area contributed by atoms with Crippen LogP contribution in [-0.4, -0.2) is 25.5 Å². The SMILES string of the molecule is Nc1n[nH]c2ccc(-c3ccc(O)cc3)cc12.Nc1n[nH]c2ccc(-c3ccc(OCc4ccccc4)c(Cl)c3)cc12. The number of hydrogen-bond acceptors (Lipinski definition) is 6. The van der Waals surface area contributed by atoms with Gasteiger partial charge in [0.1, 0.15) is 18.1 Å². The molecule has 0 spiro atoms. The number of halogens is 1. The van der Waals surface area contributed by atoms with Crippen LogP contribution >= 0.6 is 11.6 Å². The monoisotopic (exact) mass is 574 g/mol. The Morgan fingerprint density at radius 1 is 0.643 bits per heavy atom. The van der Waals surface area contributed by atoms with E-state index in [1.165, 1.54) is 0 Å². The van der Waals surface area contributed by atoms with Crippen LogP contribution in [0.4, 0.5) is 11.6 Å². The molecule has 2 heterocycles. The highest BCUT2D eigenvalue weighted by Gasteiger charge is 2.09. The van der Waals surface area contributed by atoms with E-state index in [4.69, 9.17) is 27.8 Å². The maximum Gasteiger partial charge on any atom is 0.153 e. The lowest BCUT2D eigenvalue weighted by Crippen LogP contribution is -1.95. The van der Waals surface area contributed by atoms with Crippen molar-refractivity contribution < 1.29 is 9.84 Å². The molecule has 5 aromatic carbocycles. The molecule has 7 aromatic rings. The maximum absolute atomic E-state index is 9.25. The molecule has 7 N–H and O–H groups in total. The molecule has 0 aliphatic heterocycles. The van der Waals surface area contributed by atoms with Gasteiger partial charge in [-0.1, -0.05) is 72.3 Å². The van der Waals surface area contributed by atoms with Crippen molar-refractivity contribution >= 4 is 45.0 Å². The van der Waals surface area contributed by atoms with E-state index in [0.29, 0.717) is 29.0 Å². The van der Waals surface area contributed by atoms with Crippen molar-refractivity contribution in [3.63, 3.8) is 0 Å². The molecule has 0 unspecified atom stereocenters. The van der Waals surface area contributed by atoms with Gasteiger partial charge < -0.3 is 21.3 Å². The predicted octanol–water partition coefficient (Wildman–Crippen LogP) is 7.56. The van der Waals surface area contributed by atoms with Crippen LogP contribution in [0.2, 0.25) is 5.02 Å². The zero-order valence-corrected chi connectivity index (χ0v) is 23.1. The fourth-order valence-electron chi connectivity index (χ4n) is 4.61. The lowest BCUT2D eigenvalue weighted by Gasteiger charge is -2.10. The van der Waals surface area contributed by atoms with Crippen LogP contribution in [-0.2, 0) is 6.61 Å². The van der Waals surface area contributed by atoms with Crippen LogP contribution in [0, 0.1) is 0 Å². The Morgan fingerprint density at radius 2 is 1.17 bits per heavy atom. The van der Waals surface area contributed by atoms with Gasteiger partial charge in [0.25, 0.3) is 0 Å². The number of ether oxygens (including phenoxy) is 1. The molecule has 0 bridgehead atoms. The highest BCUT2D eigenvalue weighted by molar-refractivity contribution is 6.32. The van der Waals surface area contributed by atoms with Gasteiger partial charge in [0.15, 0.2) is 11.6 Å². The summed E-state index contributed by atoms with van der Waals surface area (Å²) in [4.78, 5) is 0. The van der Waals surface area contributed by atoms with Gasteiger partial charge in [-0.05, 0) is 76.3 Å². The molecule has 0 aliphatic carbocycles. The van der Waals surface area contributed by atoms with Gasteiger partial charge >= 0.3 is 0 Å². The summed E-state index contributed by atoms with van der Waals surface area (Å²) in [6.07, 6.45) is 0. The summed E-state index contributed by atoms with van der Waals surface area (Å²) in [5.41, 5.74) is 18.7. The normalized spacial score (nSPS) is 10.9. The molecule has 0 saturated heterocycles. The molecule has 7 rings (SSSR count). The van der Waals surface area contributed by atoms with Crippen molar-refractivity contribution in [2.75, 3.05) is 11.5 Å². The van der Waals surface area contributed by atoms with E-state index < -0.39 is 0 Å². The second-order valence-electron chi connectivity index (χ2n) is 9.70. The third kappa shape index (κ3) is 5.70. The Bertz CT molecular complexity index is 1980. The number of aromatic amines is 2. The average molecular weight is 575 g/mol. The minimum Gasteiger partial charge on any atom is -0.508 e. The summed E-state index contributed by atoms with van der Waals surface area (Å²) < 4.78 is 5.82. The van der Waals surface area contributed by atoms with Crippen LogP contribution in [0.5, 0.6) is 11.5 Å². The van der Waals surface area contributed by atoms with Crippen LogP contribution in [0.3, 0.4) is 0 Å². The van der Waals surface area contributed by atoms with Gasteiger partial charge in [-0.15, -0.1) is 0 Å². The first-order chi connectivity index (χ1) is 20.4. The molecule has 208 valence electrons. The molecule has 0 radical (unpaired) electrons. The molecular formula is C33H27ClN6O2. The predicted molar refractivity (Wildman–Crippen MR) is 169 cm³/mol. The zero-order valence-electron chi connectivity index (χ0n) is 22.4. The largest absolute Gasteiger partial charge is 0.508 e. The summed E-state index contributed by atoms with van der Waals surface area (Å²) in [7, 11) is 0. The number of nitrogens with two attached hydrogens (primary N) is 2. The van der Waals surface area contributed by atoms with Gasteiger partial charge in [-0.3, -0.25) is 10.2 Å². The van der Waals surface area contributed by atoms with Crippen LogP contribution in [0.1, 0.15) is 5.56 Å². The molecule has 0 saturated carbocycles. The smallest absolute Gasteiger partial charge is 0.153 e. The van der Waals surface area contributed by atoms with Gasteiger partial charge in [0.2, 0.25) is 0 Å². The first-order valence-electron chi connectivity index (χ1n) is 13.2. The average Bonchev–Trinajstić information content (AvgIpc) is 3.59. The Labute approximate surface area is 246 Å². The number of hydrogen-bond donors (Lipinski definition) is 5. The first kappa shape index (κ1) is 26.7. The van der Waals surface area contributed by atoms with E-state index in [1.54, 1.807) is 12.1 Å². The second-order valence-corrected chi connectivity index (χ2v) is 10.1. The number of H-pyrrole nitrogens is 2. The number of anilines is 2. The molecule has 8 nitrogen and oxygen atoms in total. The summed E-state index contributed by atoms with van der Waals surface area (Å²) in [5.74, 6) is 1.92. The fraction of sp³-hybridized carbons (Fsp3) is 0.0303. The molecule has 0 atom stereocenters. The van der Waals surface area contributed by atoms with Crippen molar-refractivity contribution in [1.29, 1.82) is 0 Å². The number of aromatic nitrogens is 4. The van der Waals surface area contributed by atoms with Crippen LogP contribution in [0.25, 0.3) is 44.1 Å². The molecule has 0 aliphatic rings. The minimum absolute atomic E-state index is 0.262. The molecule has 0 amide bonds. The number of aromatic hydroxyl groups is 1. The summed E-state index contributed by atoms with van der Waals surface area (Å²) >= 11 is 6.41. The summed E-state index contributed by atoms with van der Waals surface area (Å²) in [6, 6.07) is 34.7. The third-order valence-corrected chi connectivity index (χ3v) is 7.18. The molecule has 42 heavy (non-hydrogen) atoms. The van der Waals surface area contributed by atoms with Crippen molar-refractivity contribution in [3.8, 4) is 33.8 Å². The topological polar surface area (TPSA) is 139 Å². The Morgan fingerprint density at radius 3 is 1.76 bits per heavy atom. The molecular weight excluding hydrogens is 548 g/mol. The van der Waals surface area contributed by atoms with Crippen molar-refractivity contribution in [2.45, 2.75) is 6.61 Å². The van der Waals surface area contributed by atoms with E-state index in [0.717, 1.165) is 49.6 Å². The van der Waals surface area contributed by atoms with Crippen LogP contribution < -0.4 is 16.2 Å². The summed E-state index contributed by atoms with van der Waals surface area (Å²) in [6.45, 7) is 0.484. The number of benzene rings is 5. The number of phenolic OH excluding ortho intramolecular Hbond substituents is 1. The molecule has 0 fully saturated rings. The van der Waals surface area contributed by atoms with Crippen molar-refractivity contribution in [1.82, 2.24) is 20.4 Å². The molecule has 2 aromatic heterocycles. The third-order valence-electron chi connectivity index (χ3n) is 6.89. The van der Waals surface area contributed by atoms with E-state index in [9.17, 15) is 5.11 Å². The van der Waals surface area contributed by atoms with E-state index in [-0.39, 0.29) is 5.75 Å². The second kappa shape index (κ2) is 11.6. The fourth-order valence-corrected chi connectivity index (χ4v) is 4.85. The first-order valence-corrected chi connectivity index (χ1v) is 13.6. The number of rotatable bonds is 5.